The third kappa shape index (κ3) is 2.94. The first kappa shape index (κ1) is 12.3. The molecule has 18 heavy (non-hydrogen) atoms. The van der Waals surface area contributed by atoms with E-state index in [9.17, 15) is 4.79 Å². The van der Waals surface area contributed by atoms with Crippen molar-refractivity contribution in [1.82, 2.24) is 10.1 Å². The van der Waals surface area contributed by atoms with Crippen LogP contribution in [0.25, 0.3) is 0 Å². The predicted octanol–water partition coefficient (Wildman–Crippen LogP) is 2.26. The fourth-order valence-corrected chi connectivity index (χ4v) is 1.67. The Balaban J connectivity index is 1.90. The van der Waals surface area contributed by atoms with E-state index in [-0.39, 0.29) is 5.91 Å². The molecule has 1 N–H and O–H groups in total. The van der Waals surface area contributed by atoms with Crippen molar-refractivity contribution in [2.75, 3.05) is 5.32 Å². The molecule has 1 amide bonds. The molecule has 0 bridgehead atoms. The monoisotopic (exact) mass is 245 g/mol. The summed E-state index contributed by atoms with van der Waals surface area (Å²) in [6.45, 7) is 3.57. The highest BCUT2D eigenvalue weighted by atomic mass is 16.5. The fraction of sp³-hybridized carbons (Fsp3) is 0.308. The van der Waals surface area contributed by atoms with Gasteiger partial charge in [-0.15, -0.1) is 0 Å². The lowest BCUT2D eigenvalue weighted by atomic mass is 10.1. The summed E-state index contributed by atoms with van der Waals surface area (Å²) in [5.41, 5.74) is 2.42. The molecule has 0 atom stereocenters. The number of amides is 1. The minimum absolute atomic E-state index is 0.0479. The number of aromatic nitrogens is 2. The molecule has 5 nitrogen and oxygen atoms in total. The van der Waals surface area contributed by atoms with E-state index in [0.29, 0.717) is 30.0 Å². The van der Waals surface area contributed by atoms with Gasteiger partial charge < -0.3 is 9.84 Å². The van der Waals surface area contributed by atoms with Crippen LogP contribution in [0.2, 0.25) is 0 Å². The Kier molecular flexibility index (Phi) is 3.72. The van der Waals surface area contributed by atoms with Crippen LogP contribution < -0.4 is 5.32 Å². The van der Waals surface area contributed by atoms with E-state index >= 15 is 0 Å². The molecule has 0 aliphatic rings. The van der Waals surface area contributed by atoms with Gasteiger partial charge in [0.2, 0.25) is 5.91 Å². The Morgan fingerprint density at radius 3 is 2.89 bits per heavy atom. The van der Waals surface area contributed by atoms with E-state index in [2.05, 4.69) is 15.5 Å². The van der Waals surface area contributed by atoms with Crippen molar-refractivity contribution in [3.8, 4) is 0 Å². The lowest BCUT2D eigenvalue weighted by Gasteiger charge is -2.04. The number of rotatable bonds is 4. The van der Waals surface area contributed by atoms with Gasteiger partial charge >= 0.3 is 0 Å². The molecule has 0 unspecified atom stereocenters. The van der Waals surface area contributed by atoms with Crippen LogP contribution >= 0.6 is 0 Å². The average Bonchev–Trinajstić information content (AvgIpc) is 2.69. The van der Waals surface area contributed by atoms with Crippen molar-refractivity contribution >= 4 is 11.6 Å². The fourth-order valence-electron chi connectivity index (χ4n) is 1.67. The van der Waals surface area contributed by atoms with Crippen molar-refractivity contribution in [3.05, 3.63) is 41.5 Å². The number of carbonyl (C=O) groups is 1. The van der Waals surface area contributed by atoms with Crippen LogP contribution in [-0.4, -0.2) is 16.0 Å². The van der Waals surface area contributed by atoms with Gasteiger partial charge in [0.15, 0.2) is 5.76 Å². The molecule has 0 radical (unpaired) electrons. The van der Waals surface area contributed by atoms with Crippen LogP contribution in [-0.2, 0) is 11.2 Å². The van der Waals surface area contributed by atoms with E-state index in [1.807, 2.05) is 12.1 Å². The normalized spacial score (nSPS) is 10.3. The van der Waals surface area contributed by atoms with Crippen molar-refractivity contribution in [2.45, 2.75) is 26.7 Å². The average molecular weight is 245 g/mol. The quantitative estimate of drug-likeness (QED) is 0.897. The molecule has 0 aliphatic carbocycles. The van der Waals surface area contributed by atoms with Crippen molar-refractivity contribution in [1.29, 1.82) is 0 Å². The van der Waals surface area contributed by atoms with Crippen LogP contribution in [0.1, 0.15) is 23.4 Å². The third-order valence-electron chi connectivity index (χ3n) is 2.66. The molecule has 0 saturated carbocycles. The number of hydrogen-bond acceptors (Lipinski definition) is 4. The molecule has 2 rings (SSSR count). The van der Waals surface area contributed by atoms with Crippen LogP contribution in [0.5, 0.6) is 0 Å². The zero-order valence-electron chi connectivity index (χ0n) is 10.4. The minimum atomic E-state index is -0.0479. The van der Waals surface area contributed by atoms with Gasteiger partial charge in [-0.05, 0) is 31.9 Å². The molecule has 0 saturated heterocycles. The lowest BCUT2D eigenvalue weighted by molar-refractivity contribution is -0.116. The zero-order valence-corrected chi connectivity index (χ0v) is 10.4. The molecule has 5 heteroatoms. The SMILES string of the molecule is Cc1noc(C)c1NC(=O)CCc1cccnc1. The van der Waals surface area contributed by atoms with Crippen molar-refractivity contribution in [3.63, 3.8) is 0 Å². The van der Waals surface area contributed by atoms with Gasteiger partial charge in [0, 0.05) is 18.8 Å². The Labute approximate surface area is 105 Å². The maximum absolute atomic E-state index is 11.8. The lowest BCUT2D eigenvalue weighted by Crippen LogP contribution is -2.13. The second kappa shape index (κ2) is 5.44. The van der Waals surface area contributed by atoms with Gasteiger partial charge in [-0.2, -0.15) is 0 Å². The molecule has 2 aromatic rings. The molecule has 0 aliphatic heterocycles. The number of aryl methyl sites for hydroxylation is 3. The van der Waals surface area contributed by atoms with Crippen LogP contribution in [0.3, 0.4) is 0 Å². The predicted molar refractivity (Wildman–Crippen MR) is 67.2 cm³/mol. The van der Waals surface area contributed by atoms with E-state index in [0.717, 1.165) is 5.56 Å². The van der Waals surface area contributed by atoms with E-state index in [1.165, 1.54) is 0 Å². The summed E-state index contributed by atoms with van der Waals surface area (Å²) < 4.78 is 4.98. The van der Waals surface area contributed by atoms with Crippen LogP contribution in [0.15, 0.2) is 29.0 Å². The highest BCUT2D eigenvalue weighted by Crippen LogP contribution is 2.18. The molecular formula is C13H15N3O2. The highest BCUT2D eigenvalue weighted by molar-refractivity contribution is 5.91. The molecule has 0 aromatic carbocycles. The van der Waals surface area contributed by atoms with Gasteiger partial charge in [0.25, 0.3) is 0 Å². The number of carbonyl (C=O) groups excluding carboxylic acids is 1. The smallest absolute Gasteiger partial charge is 0.224 e. The van der Waals surface area contributed by atoms with Crippen molar-refractivity contribution < 1.29 is 9.32 Å². The topological polar surface area (TPSA) is 68.0 Å². The minimum Gasteiger partial charge on any atom is -0.359 e. The second-order valence-electron chi connectivity index (χ2n) is 4.11. The summed E-state index contributed by atoms with van der Waals surface area (Å²) in [7, 11) is 0. The number of pyridine rings is 1. The number of anilines is 1. The van der Waals surface area contributed by atoms with Gasteiger partial charge in [-0.3, -0.25) is 9.78 Å². The Morgan fingerprint density at radius 1 is 1.44 bits per heavy atom. The molecular weight excluding hydrogens is 230 g/mol. The largest absolute Gasteiger partial charge is 0.359 e. The van der Waals surface area contributed by atoms with Gasteiger partial charge in [0.05, 0.1) is 0 Å². The summed E-state index contributed by atoms with van der Waals surface area (Å²) in [6.07, 6.45) is 4.56. The standard InChI is InChI=1S/C13H15N3O2/c1-9-13(10(2)18-16-9)15-12(17)6-5-11-4-3-7-14-8-11/h3-4,7-8H,5-6H2,1-2H3,(H,15,17). The summed E-state index contributed by atoms with van der Waals surface area (Å²) >= 11 is 0. The molecule has 0 spiro atoms. The van der Waals surface area contributed by atoms with Gasteiger partial charge in [-0.1, -0.05) is 11.2 Å². The number of nitrogens with zero attached hydrogens (tertiary/aromatic N) is 2. The molecule has 2 heterocycles. The summed E-state index contributed by atoms with van der Waals surface area (Å²) in [6, 6.07) is 3.82. The van der Waals surface area contributed by atoms with Gasteiger partial charge in [0.1, 0.15) is 11.4 Å². The van der Waals surface area contributed by atoms with E-state index in [4.69, 9.17) is 4.52 Å². The van der Waals surface area contributed by atoms with Crippen LogP contribution in [0, 0.1) is 13.8 Å². The van der Waals surface area contributed by atoms with E-state index < -0.39 is 0 Å². The Hall–Kier alpha value is -2.17. The second-order valence-corrected chi connectivity index (χ2v) is 4.11. The number of hydrogen-bond donors (Lipinski definition) is 1. The highest BCUT2D eigenvalue weighted by Gasteiger charge is 2.11. The van der Waals surface area contributed by atoms with Gasteiger partial charge in [-0.25, -0.2) is 0 Å². The summed E-state index contributed by atoms with van der Waals surface area (Å²) in [5, 5.41) is 6.60. The maximum Gasteiger partial charge on any atom is 0.224 e. The third-order valence-corrected chi connectivity index (χ3v) is 2.66. The van der Waals surface area contributed by atoms with Crippen LogP contribution in [0.4, 0.5) is 5.69 Å². The first-order chi connectivity index (χ1) is 8.66. The zero-order chi connectivity index (χ0) is 13.0. The first-order valence-electron chi connectivity index (χ1n) is 5.78. The molecule has 0 fully saturated rings. The van der Waals surface area contributed by atoms with E-state index in [1.54, 1.807) is 26.2 Å². The molecule has 94 valence electrons. The maximum atomic E-state index is 11.8. The Bertz CT molecular complexity index is 515. The van der Waals surface area contributed by atoms with Crippen molar-refractivity contribution in [2.24, 2.45) is 0 Å². The summed E-state index contributed by atoms with van der Waals surface area (Å²) in [5.74, 6) is 0.579. The summed E-state index contributed by atoms with van der Waals surface area (Å²) in [4.78, 5) is 15.8. The first-order valence-corrected chi connectivity index (χ1v) is 5.78. The Morgan fingerprint density at radius 2 is 2.28 bits per heavy atom. The molecule has 2 aromatic heterocycles. The number of nitrogens with one attached hydrogen (secondary N) is 1.